The Hall–Kier alpha value is -6.13. The highest BCUT2D eigenvalue weighted by Gasteiger charge is 2.19. The summed E-state index contributed by atoms with van der Waals surface area (Å²) < 4.78 is 12.5. The van der Waals surface area contributed by atoms with Crippen molar-refractivity contribution in [2.45, 2.75) is 0 Å². The Morgan fingerprint density at radius 3 is 1.89 bits per heavy atom. The van der Waals surface area contributed by atoms with Crippen LogP contribution in [0.1, 0.15) is 0 Å². The second-order valence-corrected chi connectivity index (χ2v) is 11.2. The van der Waals surface area contributed by atoms with E-state index in [1.54, 1.807) is 0 Å². The molecule has 0 saturated carbocycles. The molecule has 0 bridgehead atoms. The van der Waals surface area contributed by atoms with Crippen LogP contribution in [0.15, 0.2) is 167 Å². The van der Waals surface area contributed by atoms with Gasteiger partial charge in [-0.1, -0.05) is 84.9 Å². The van der Waals surface area contributed by atoms with Gasteiger partial charge in [-0.2, -0.15) is 0 Å². The number of fused-ring (bicyclic) bond motifs is 6. The van der Waals surface area contributed by atoms with Gasteiger partial charge in [-0.15, -0.1) is 0 Å². The predicted octanol–water partition coefficient (Wildman–Crippen LogP) is 11.7. The largest absolute Gasteiger partial charge is 0.456 e. The van der Waals surface area contributed by atoms with Crippen molar-refractivity contribution < 1.29 is 8.83 Å². The van der Waals surface area contributed by atoms with E-state index in [1.165, 1.54) is 21.9 Å². The molecule has 0 radical (unpaired) electrons. The van der Waals surface area contributed by atoms with Gasteiger partial charge in [-0.25, -0.2) is 4.98 Å². The summed E-state index contributed by atoms with van der Waals surface area (Å²) in [6.07, 6.45) is 0. The number of hydrogen-bond acceptors (Lipinski definition) is 4. The maximum Gasteiger partial charge on any atom is 0.227 e. The van der Waals surface area contributed by atoms with Crippen LogP contribution in [0.3, 0.4) is 0 Å². The number of oxazole rings is 1. The number of rotatable bonds is 5. The monoisotopic (exact) mass is 578 g/mol. The fourth-order valence-corrected chi connectivity index (χ4v) is 6.28. The zero-order valence-electron chi connectivity index (χ0n) is 24.2. The summed E-state index contributed by atoms with van der Waals surface area (Å²) in [4.78, 5) is 7.22. The third-order valence-corrected chi connectivity index (χ3v) is 8.48. The predicted molar refractivity (Wildman–Crippen MR) is 184 cm³/mol. The molecule has 2 heterocycles. The quantitative estimate of drug-likeness (QED) is 0.204. The van der Waals surface area contributed by atoms with Crippen LogP contribution in [0, 0.1) is 0 Å². The van der Waals surface area contributed by atoms with Gasteiger partial charge in [0.1, 0.15) is 16.7 Å². The van der Waals surface area contributed by atoms with Gasteiger partial charge < -0.3 is 13.7 Å². The molecule has 0 unspecified atom stereocenters. The first-order chi connectivity index (χ1) is 22.3. The Morgan fingerprint density at radius 1 is 0.422 bits per heavy atom. The molecular formula is C41H26N2O2. The van der Waals surface area contributed by atoms with Crippen LogP contribution >= 0.6 is 0 Å². The van der Waals surface area contributed by atoms with Crippen LogP contribution in [-0.2, 0) is 0 Å². The second-order valence-electron chi connectivity index (χ2n) is 11.2. The third kappa shape index (κ3) is 4.35. The summed E-state index contributed by atoms with van der Waals surface area (Å²) in [5.41, 5.74) is 9.61. The van der Waals surface area contributed by atoms with Crippen molar-refractivity contribution in [3.8, 4) is 22.6 Å². The van der Waals surface area contributed by atoms with E-state index < -0.39 is 0 Å². The van der Waals surface area contributed by atoms with E-state index in [0.717, 1.165) is 55.7 Å². The minimum atomic E-state index is 0.598. The van der Waals surface area contributed by atoms with Crippen molar-refractivity contribution in [1.29, 1.82) is 0 Å². The number of nitrogens with zero attached hydrogens (tertiary/aromatic N) is 2. The lowest BCUT2D eigenvalue weighted by Gasteiger charge is -2.25. The van der Waals surface area contributed by atoms with Crippen molar-refractivity contribution in [2.75, 3.05) is 4.90 Å². The van der Waals surface area contributed by atoms with Crippen LogP contribution in [-0.4, -0.2) is 4.98 Å². The van der Waals surface area contributed by atoms with Crippen LogP contribution < -0.4 is 4.90 Å². The topological polar surface area (TPSA) is 42.4 Å². The average molecular weight is 579 g/mol. The van der Waals surface area contributed by atoms with Crippen molar-refractivity contribution in [3.05, 3.63) is 158 Å². The molecule has 0 fully saturated rings. The molecule has 2 aromatic heterocycles. The molecule has 0 aliphatic heterocycles. The molecule has 0 aliphatic rings. The maximum atomic E-state index is 6.32. The molecule has 0 aliphatic carbocycles. The number of hydrogen-bond donors (Lipinski definition) is 0. The Kier molecular flexibility index (Phi) is 5.78. The number of aromatic nitrogens is 1. The van der Waals surface area contributed by atoms with Crippen molar-refractivity contribution in [2.24, 2.45) is 0 Å². The minimum absolute atomic E-state index is 0.598. The molecule has 7 aromatic carbocycles. The van der Waals surface area contributed by atoms with E-state index in [-0.39, 0.29) is 0 Å². The summed E-state index contributed by atoms with van der Waals surface area (Å²) in [6, 6.07) is 54.6. The third-order valence-electron chi connectivity index (χ3n) is 8.48. The minimum Gasteiger partial charge on any atom is -0.456 e. The molecule has 0 saturated heterocycles. The lowest BCUT2D eigenvalue weighted by atomic mass is 10.0. The molecule has 4 nitrogen and oxygen atoms in total. The highest BCUT2D eigenvalue weighted by molar-refractivity contribution is 6.17. The van der Waals surface area contributed by atoms with E-state index in [9.17, 15) is 0 Å². The van der Waals surface area contributed by atoms with Gasteiger partial charge in [0.25, 0.3) is 0 Å². The van der Waals surface area contributed by atoms with Gasteiger partial charge in [0.15, 0.2) is 5.58 Å². The Labute approximate surface area is 259 Å². The summed E-state index contributed by atoms with van der Waals surface area (Å²) in [5, 5.41) is 4.43. The second kappa shape index (κ2) is 10.2. The Balaban J connectivity index is 1.17. The van der Waals surface area contributed by atoms with Crippen molar-refractivity contribution in [1.82, 2.24) is 4.98 Å². The van der Waals surface area contributed by atoms with Crippen molar-refractivity contribution >= 4 is 60.9 Å². The van der Waals surface area contributed by atoms with Crippen LogP contribution in [0.25, 0.3) is 66.4 Å². The van der Waals surface area contributed by atoms with E-state index >= 15 is 0 Å². The van der Waals surface area contributed by atoms with E-state index in [4.69, 9.17) is 13.8 Å². The van der Waals surface area contributed by atoms with E-state index in [1.807, 2.05) is 54.6 Å². The van der Waals surface area contributed by atoms with E-state index in [0.29, 0.717) is 5.89 Å². The summed E-state index contributed by atoms with van der Waals surface area (Å²) in [7, 11) is 0. The zero-order chi connectivity index (χ0) is 29.7. The van der Waals surface area contributed by atoms with Gasteiger partial charge >= 0.3 is 0 Å². The standard InChI is InChI=1S/C41H26N2O2/c1-3-10-29(11-4-1)41-42-40-38(45-41)24-23-37-39(40)35-26-34(21-22-36(35)44-37)43(32-13-5-2-6-14-32)33-19-17-28(18-20-33)31-16-15-27-9-7-8-12-30(27)25-31/h1-26H. The first kappa shape index (κ1) is 25.4. The summed E-state index contributed by atoms with van der Waals surface area (Å²) in [6.45, 7) is 0. The highest BCUT2D eigenvalue weighted by Crippen LogP contribution is 2.41. The summed E-state index contributed by atoms with van der Waals surface area (Å²) >= 11 is 0. The van der Waals surface area contributed by atoms with Gasteiger partial charge in [-0.3, -0.25) is 0 Å². The molecule has 9 aromatic rings. The van der Waals surface area contributed by atoms with Crippen LogP contribution in [0.5, 0.6) is 0 Å². The van der Waals surface area contributed by atoms with Gasteiger partial charge in [0.2, 0.25) is 5.89 Å². The highest BCUT2D eigenvalue weighted by atomic mass is 16.4. The molecule has 45 heavy (non-hydrogen) atoms. The van der Waals surface area contributed by atoms with Crippen molar-refractivity contribution in [3.63, 3.8) is 0 Å². The summed E-state index contributed by atoms with van der Waals surface area (Å²) in [5.74, 6) is 0.598. The Morgan fingerprint density at radius 2 is 1.07 bits per heavy atom. The molecule has 0 amide bonds. The molecule has 212 valence electrons. The molecule has 0 atom stereocenters. The SMILES string of the molecule is c1ccc(-c2nc3c(ccc4oc5ccc(N(c6ccccc6)c6ccc(-c7ccc8ccccc8c7)cc6)cc5c43)o2)cc1. The van der Waals surface area contributed by atoms with Crippen LogP contribution in [0.4, 0.5) is 17.1 Å². The molecule has 0 spiro atoms. The maximum absolute atomic E-state index is 6.32. The first-order valence-electron chi connectivity index (χ1n) is 15.0. The fourth-order valence-electron chi connectivity index (χ4n) is 6.28. The Bertz CT molecular complexity index is 2480. The smallest absolute Gasteiger partial charge is 0.227 e. The first-order valence-corrected chi connectivity index (χ1v) is 15.0. The van der Waals surface area contributed by atoms with Gasteiger partial charge in [-0.05, 0) is 94.7 Å². The molecule has 4 heteroatoms. The average Bonchev–Trinajstić information content (AvgIpc) is 3.71. The number of furan rings is 1. The lowest BCUT2D eigenvalue weighted by Crippen LogP contribution is -2.09. The molecule has 0 N–H and O–H groups in total. The van der Waals surface area contributed by atoms with E-state index in [2.05, 4.69) is 108 Å². The van der Waals surface area contributed by atoms with Gasteiger partial charge in [0.05, 0.1) is 5.39 Å². The molecular weight excluding hydrogens is 552 g/mol. The molecule has 9 rings (SSSR count). The number of para-hydroxylation sites is 1. The zero-order valence-corrected chi connectivity index (χ0v) is 24.2. The normalized spacial score (nSPS) is 11.6. The number of anilines is 3. The number of benzene rings is 7. The van der Waals surface area contributed by atoms with Gasteiger partial charge in [0, 0.05) is 28.0 Å². The van der Waals surface area contributed by atoms with Crippen LogP contribution in [0.2, 0.25) is 0 Å². The fraction of sp³-hybridized carbons (Fsp3) is 0. The lowest BCUT2D eigenvalue weighted by molar-refractivity contribution is 0.619.